The van der Waals surface area contributed by atoms with E-state index in [9.17, 15) is 14.3 Å². The van der Waals surface area contributed by atoms with Gasteiger partial charge in [-0.15, -0.1) is 0 Å². The number of nitrogens with one attached hydrogen (secondary N) is 1. The van der Waals surface area contributed by atoms with E-state index in [4.69, 9.17) is 9.72 Å². The summed E-state index contributed by atoms with van der Waals surface area (Å²) < 4.78 is 19.8. The molecule has 1 amide bonds. The zero-order valence-corrected chi connectivity index (χ0v) is 18.9. The van der Waals surface area contributed by atoms with Gasteiger partial charge in [-0.3, -0.25) is 4.79 Å². The quantitative estimate of drug-likeness (QED) is 0.678. The lowest BCUT2D eigenvalue weighted by Gasteiger charge is -2.33. The summed E-state index contributed by atoms with van der Waals surface area (Å²) >= 11 is 0. The first-order valence-electron chi connectivity index (χ1n) is 11.4. The minimum atomic E-state index is -0.647. The monoisotopic (exact) mass is 449 g/mol. The molecule has 33 heavy (non-hydrogen) atoms. The molecule has 0 saturated carbocycles. The van der Waals surface area contributed by atoms with Crippen LogP contribution in [0.3, 0.4) is 0 Å². The predicted molar refractivity (Wildman–Crippen MR) is 126 cm³/mol. The molecule has 1 aromatic heterocycles. The highest BCUT2D eigenvalue weighted by atomic mass is 19.1. The van der Waals surface area contributed by atoms with Crippen LogP contribution in [0.15, 0.2) is 48.4 Å². The van der Waals surface area contributed by atoms with Gasteiger partial charge >= 0.3 is 0 Å². The van der Waals surface area contributed by atoms with Crippen LogP contribution in [-0.2, 0) is 9.53 Å². The SMILES string of the molecule is CC1(C)OC(=C2C(=O)Nc3cc(F)ccc32)C=C1c1ccc(N2CCCC(CCO)C2)nc1. The van der Waals surface area contributed by atoms with Gasteiger partial charge in [-0.1, -0.05) is 0 Å². The maximum atomic E-state index is 13.6. The standard InChI is InChI=1S/C26H28FN3O3/c1-26(2)20(13-22(33-26)24-19-7-6-18(27)12-21(19)29-25(24)32)17-5-8-23(28-14-17)30-10-3-4-16(15-30)9-11-31/h5-8,12-14,16,31H,3-4,9-11,15H2,1-2H3,(H,29,32). The molecule has 0 spiro atoms. The van der Waals surface area contributed by atoms with Crippen LogP contribution < -0.4 is 10.2 Å². The number of benzene rings is 1. The molecular weight excluding hydrogens is 421 g/mol. The molecule has 2 N–H and O–H groups in total. The molecule has 1 atom stereocenters. The fourth-order valence-electron chi connectivity index (χ4n) is 5.03. The summed E-state index contributed by atoms with van der Waals surface area (Å²) in [6.45, 7) is 6.03. The number of carbonyl (C=O) groups is 1. The highest BCUT2D eigenvalue weighted by Gasteiger charge is 2.38. The van der Waals surface area contributed by atoms with E-state index in [2.05, 4.69) is 10.2 Å². The maximum Gasteiger partial charge on any atom is 0.260 e. The van der Waals surface area contributed by atoms with E-state index < -0.39 is 11.4 Å². The number of pyridine rings is 1. The molecule has 1 aromatic carbocycles. The average molecular weight is 450 g/mol. The van der Waals surface area contributed by atoms with E-state index in [1.54, 1.807) is 6.07 Å². The second-order valence-corrected chi connectivity index (χ2v) is 9.43. The Morgan fingerprint density at radius 3 is 2.91 bits per heavy atom. The largest absolute Gasteiger partial charge is 0.482 e. The molecule has 0 radical (unpaired) electrons. The number of ether oxygens (including phenoxy) is 1. The molecule has 4 heterocycles. The second kappa shape index (κ2) is 8.30. The number of hydrogen-bond donors (Lipinski definition) is 2. The molecule has 3 aliphatic rings. The lowest BCUT2D eigenvalue weighted by molar-refractivity contribution is -0.111. The summed E-state index contributed by atoms with van der Waals surface area (Å²) in [6.07, 6.45) is 6.82. The van der Waals surface area contributed by atoms with Gasteiger partial charge in [0.2, 0.25) is 0 Å². The second-order valence-electron chi connectivity index (χ2n) is 9.43. The highest BCUT2D eigenvalue weighted by Crippen LogP contribution is 2.44. The van der Waals surface area contributed by atoms with Gasteiger partial charge in [0.25, 0.3) is 5.91 Å². The molecule has 0 aliphatic carbocycles. The van der Waals surface area contributed by atoms with Crippen molar-refractivity contribution in [2.45, 2.75) is 38.7 Å². The van der Waals surface area contributed by atoms with Gasteiger partial charge in [-0.05, 0) is 75.4 Å². The van der Waals surface area contributed by atoms with Gasteiger partial charge in [0.15, 0.2) is 0 Å². The van der Waals surface area contributed by atoms with Crippen LogP contribution in [0.1, 0.15) is 44.2 Å². The molecule has 1 unspecified atom stereocenters. The van der Waals surface area contributed by atoms with Crippen LogP contribution in [0.25, 0.3) is 11.1 Å². The van der Waals surface area contributed by atoms with E-state index in [1.807, 2.05) is 38.3 Å². The first kappa shape index (κ1) is 21.6. The summed E-state index contributed by atoms with van der Waals surface area (Å²) in [5.41, 5.74) is 2.73. The number of hydrogen-bond acceptors (Lipinski definition) is 5. The fraction of sp³-hybridized carbons (Fsp3) is 0.385. The summed E-state index contributed by atoms with van der Waals surface area (Å²) in [5.74, 6) is 1.22. The number of piperidine rings is 1. The van der Waals surface area contributed by atoms with Crippen molar-refractivity contribution in [3.8, 4) is 0 Å². The number of halogens is 1. The van der Waals surface area contributed by atoms with Crippen molar-refractivity contribution in [3.63, 3.8) is 0 Å². The number of aromatic nitrogens is 1. The van der Waals surface area contributed by atoms with E-state index >= 15 is 0 Å². The van der Waals surface area contributed by atoms with Crippen molar-refractivity contribution < 1.29 is 19.0 Å². The van der Waals surface area contributed by atoms with E-state index in [0.717, 1.165) is 49.3 Å². The number of nitrogens with zero attached hydrogens (tertiary/aromatic N) is 2. The van der Waals surface area contributed by atoms with Gasteiger partial charge in [-0.2, -0.15) is 0 Å². The number of fused-ring (bicyclic) bond motifs is 1. The predicted octanol–water partition coefficient (Wildman–Crippen LogP) is 4.38. The zero-order chi connectivity index (χ0) is 23.2. The van der Waals surface area contributed by atoms with Crippen molar-refractivity contribution in [1.82, 2.24) is 4.98 Å². The minimum absolute atomic E-state index is 0.226. The number of allylic oxidation sites excluding steroid dienone is 1. The number of aliphatic hydroxyl groups excluding tert-OH is 1. The summed E-state index contributed by atoms with van der Waals surface area (Å²) in [7, 11) is 0. The Kier molecular flexibility index (Phi) is 5.44. The third-order valence-electron chi connectivity index (χ3n) is 6.70. The number of anilines is 2. The van der Waals surface area contributed by atoms with Gasteiger partial charge in [0.05, 0.1) is 11.3 Å². The van der Waals surface area contributed by atoms with Crippen molar-refractivity contribution >= 4 is 28.6 Å². The van der Waals surface area contributed by atoms with Gasteiger partial charge in [-0.25, -0.2) is 9.37 Å². The normalized spacial score (nSPS) is 23.8. The highest BCUT2D eigenvalue weighted by molar-refractivity contribution is 6.32. The molecule has 3 aliphatic heterocycles. The smallest absolute Gasteiger partial charge is 0.260 e. The minimum Gasteiger partial charge on any atom is -0.482 e. The van der Waals surface area contributed by atoms with Gasteiger partial charge in [0.1, 0.15) is 23.0 Å². The Morgan fingerprint density at radius 1 is 1.30 bits per heavy atom. The Balaban J connectivity index is 1.44. The third kappa shape index (κ3) is 4.02. The summed E-state index contributed by atoms with van der Waals surface area (Å²) in [6, 6.07) is 8.34. The molecule has 1 saturated heterocycles. The van der Waals surface area contributed by atoms with E-state index in [0.29, 0.717) is 28.5 Å². The maximum absolute atomic E-state index is 13.6. The molecule has 7 heteroatoms. The molecule has 6 nitrogen and oxygen atoms in total. The molecule has 172 valence electrons. The van der Waals surface area contributed by atoms with Gasteiger partial charge in [0, 0.05) is 42.6 Å². The topological polar surface area (TPSA) is 74.7 Å². The Hall–Kier alpha value is -3.19. The van der Waals surface area contributed by atoms with Crippen LogP contribution in [0, 0.1) is 11.7 Å². The van der Waals surface area contributed by atoms with E-state index in [1.165, 1.54) is 12.1 Å². The molecule has 5 rings (SSSR count). The van der Waals surface area contributed by atoms with Crippen molar-refractivity contribution in [2.24, 2.45) is 5.92 Å². The van der Waals surface area contributed by atoms with Crippen LogP contribution >= 0.6 is 0 Å². The number of amides is 1. The number of rotatable bonds is 4. The van der Waals surface area contributed by atoms with Crippen molar-refractivity contribution in [3.05, 3.63) is 65.3 Å². The number of carbonyl (C=O) groups excluding carboxylic acids is 1. The first-order valence-corrected chi connectivity index (χ1v) is 11.4. The summed E-state index contributed by atoms with van der Waals surface area (Å²) in [5, 5.41) is 12.0. The van der Waals surface area contributed by atoms with Crippen molar-refractivity contribution in [1.29, 1.82) is 0 Å². The third-order valence-corrected chi connectivity index (χ3v) is 6.70. The molecular formula is C26H28FN3O3. The molecule has 1 fully saturated rings. The fourth-order valence-corrected chi connectivity index (χ4v) is 5.03. The van der Waals surface area contributed by atoms with Gasteiger partial charge < -0.3 is 20.1 Å². The zero-order valence-electron chi connectivity index (χ0n) is 18.9. The Bertz CT molecular complexity index is 1150. The molecule has 0 bridgehead atoms. The summed E-state index contributed by atoms with van der Waals surface area (Å²) in [4.78, 5) is 19.6. The Labute approximate surface area is 192 Å². The lowest BCUT2D eigenvalue weighted by atomic mass is 9.93. The van der Waals surface area contributed by atoms with Crippen LogP contribution in [0.2, 0.25) is 0 Å². The first-order chi connectivity index (χ1) is 15.9. The van der Waals surface area contributed by atoms with Crippen LogP contribution in [0.4, 0.5) is 15.9 Å². The van der Waals surface area contributed by atoms with E-state index in [-0.39, 0.29) is 12.5 Å². The average Bonchev–Trinajstić information content (AvgIpc) is 3.28. The Morgan fingerprint density at radius 2 is 2.15 bits per heavy atom. The lowest BCUT2D eigenvalue weighted by Crippen LogP contribution is -2.36. The number of aliphatic hydroxyl groups is 1. The van der Waals surface area contributed by atoms with Crippen molar-refractivity contribution in [2.75, 3.05) is 29.9 Å². The van der Waals surface area contributed by atoms with Crippen LogP contribution in [-0.4, -0.2) is 41.3 Å². The molecule has 2 aromatic rings. The van der Waals surface area contributed by atoms with Crippen LogP contribution in [0.5, 0.6) is 0 Å².